The van der Waals surface area contributed by atoms with Gasteiger partial charge in [-0.25, -0.2) is 0 Å². The van der Waals surface area contributed by atoms with E-state index in [0.717, 1.165) is 17.3 Å². The van der Waals surface area contributed by atoms with Crippen molar-refractivity contribution in [2.75, 3.05) is 11.9 Å². The van der Waals surface area contributed by atoms with Crippen LogP contribution in [0.2, 0.25) is 0 Å². The lowest BCUT2D eigenvalue weighted by molar-refractivity contribution is 0.0997. The Morgan fingerprint density at radius 1 is 1.08 bits per heavy atom. The second-order valence-electron chi connectivity index (χ2n) is 5.95. The second kappa shape index (κ2) is 9.97. The van der Waals surface area contributed by atoms with Gasteiger partial charge in [-0.1, -0.05) is 42.1 Å². The first-order chi connectivity index (χ1) is 12.5. The lowest BCUT2D eigenvalue weighted by atomic mass is 10.1. The molecule has 2 amide bonds. The van der Waals surface area contributed by atoms with E-state index in [1.807, 2.05) is 6.07 Å². The SMILES string of the molecule is CCCCCCOc1ccc(Br)cc1C(=O)Nc1ccc(C(N)=O)cc1. The van der Waals surface area contributed by atoms with Gasteiger partial charge in [0.15, 0.2) is 0 Å². The summed E-state index contributed by atoms with van der Waals surface area (Å²) in [6, 6.07) is 11.8. The number of unbranched alkanes of at least 4 members (excludes halogenated alkanes) is 3. The predicted molar refractivity (Wildman–Crippen MR) is 107 cm³/mol. The van der Waals surface area contributed by atoms with Crippen LogP contribution < -0.4 is 15.8 Å². The number of carbonyl (C=O) groups excluding carboxylic acids is 2. The minimum atomic E-state index is -0.506. The van der Waals surface area contributed by atoms with E-state index < -0.39 is 5.91 Å². The number of amides is 2. The Morgan fingerprint density at radius 2 is 1.81 bits per heavy atom. The fraction of sp³-hybridized carbons (Fsp3) is 0.300. The molecule has 0 heterocycles. The summed E-state index contributed by atoms with van der Waals surface area (Å²) in [5.41, 5.74) is 6.64. The van der Waals surface area contributed by atoms with Crippen LogP contribution in [-0.4, -0.2) is 18.4 Å². The fourth-order valence-electron chi connectivity index (χ4n) is 2.43. The third-order valence-electron chi connectivity index (χ3n) is 3.87. The van der Waals surface area contributed by atoms with Crippen molar-refractivity contribution in [1.29, 1.82) is 0 Å². The van der Waals surface area contributed by atoms with Crippen LogP contribution in [0.25, 0.3) is 0 Å². The van der Waals surface area contributed by atoms with Gasteiger partial charge in [0.2, 0.25) is 5.91 Å². The van der Waals surface area contributed by atoms with Gasteiger partial charge in [-0.15, -0.1) is 0 Å². The average Bonchev–Trinajstić information content (AvgIpc) is 2.63. The summed E-state index contributed by atoms with van der Waals surface area (Å²) in [6.07, 6.45) is 4.42. The fourth-order valence-corrected chi connectivity index (χ4v) is 2.79. The molecule has 0 radical (unpaired) electrons. The molecule has 0 aliphatic heterocycles. The standard InChI is InChI=1S/C20H23BrN2O3/c1-2-3-4-5-12-26-18-11-8-15(21)13-17(18)20(25)23-16-9-6-14(7-10-16)19(22)24/h6-11,13H,2-5,12H2,1H3,(H2,22,24)(H,23,25). The van der Waals surface area contributed by atoms with E-state index in [9.17, 15) is 9.59 Å². The molecule has 26 heavy (non-hydrogen) atoms. The number of nitrogens with one attached hydrogen (secondary N) is 1. The molecule has 138 valence electrons. The average molecular weight is 419 g/mol. The molecule has 0 saturated heterocycles. The molecule has 0 atom stereocenters. The van der Waals surface area contributed by atoms with E-state index in [-0.39, 0.29) is 5.91 Å². The Morgan fingerprint density at radius 3 is 2.46 bits per heavy atom. The van der Waals surface area contributed by atoms with Crippen LogP contribution in [0.4, 0.5) is 5.69 Å². The number of primary amides is 1. The summed E-state index contributed by atoms with van der Waals surface area (Å²) in [7, 11) is 0. The topological polar surface area (TPSA) is 81.4 Å². The minimum Gasteiger partial charge on any atom is -0.493 e. The molecule has 0 unspecified atom stereocenters. The monoisotopic (exact) mass is 418 g/mol. The number of benzene rings is 2. The third kappa shape index (κ3) is 5.88. The molecular weight excluding hydrogens is 396 g/mol. The molecule has 0 aromatic heterocycles. The number of anilines is 1. The maximum absolute atomic E-state index is 12.6. The number of ether oxygens (including phenoxy) is 1. The number of carbonyl (C=O) groups is 2. The molecule has 5 nitrogen and oxygen atoms in total. The lowest BCUT2D eigenvalue weighted by Gasteiger charge is -2.12. The molecule has 2 rings (SSSR count). The van der Waals surface area contributed by atoms with E-state index in [0.29, 0.717) is 29.2 Å². The van der Waals surface area contributed by atoms with Crippen LogP contribution >= 0.6 is 15.9 Å². The van der Waals surface area contributed by atoms with Gasteiger partial charge < -0.3 is 15.8 Å². The van der Waals surface area contributed by atoms with Crippen molar-refractivity contribution in [2.45, 2.75) is 32.6 Å². The van der Waals surface area contributed by atoms with Crippen molar-refractivity contribution < 1.29 is 14.3 Å². The highest BCUT2D eigenvalue weighted by atomic mass is 79.9. The van der Waals surface area contributed by atoms with Crippen molar-refractivity contribution in [1.82, 2.24) is 0 Å². The van der Waals surface area contributed by atoms with Crippen molar-refractivity contribution >= 4 is 33.4 Å². The van der Waals surface area contributed by atoms with Gasteiger partial charge >= 0.3 is 0 Å². The van der Waals surface area contributed by atoms with Gasteiger partial charge in [-0.2, -0.15) is 0 Å². The Kier molecular flexibility index (Phi) is 7.66. The highest BCUT2D eigenvalue weighted by Crippen LogP contribution is 2.25. The Bertz CT molecular complexity index is 760. The van der Waals surface area contributed by atoms with E-state index in [2.05, 4.69) is 28.2 Å². The van der Waals surface area contributed by atoms with Gasteiger partial charge in [0.1, 0.15) is 5.75 Å². The van der Waals surface area contributed by atoms with Crippen LogP contribution in [0.15, 0.2) is 46.9 Å². The van der Waals surface area contributed by atoms with E-state index in [1.165, 1.54) is 12.8 Å². The molecule has 0 bridgehead atoms. The molecule has 2 aromatic rings. The second-order valence-corrected chi connectivity index (χ2v) is 6.86. The molecule has 0 saturated carbocycles. The summed E-state index contributed by atoms with van der Waals surface area (Å²) in [6.45, 7) is 2.74. The van der Waals surface area contributed by atoms with Crippen LogP contribution in [0.5, 0.6) is 5.75 Å². The van der Waals surface area contributed by atoms with Crippen LogP contribution in [-0.2, 0) is 0 Å². The molecule has 3 N–H and O–H groups in total. The Hall–Kier alpha value is -2.34. The quantitative estimate of drug-likeness (QED) is 0.575. The summed E-state index contributed by atoms with van der Waals surface area (Å²) >= 11 is 3.39. The number of hydrogen-bond acceptors (Lipinski definition) is 3. The molecule has 0 aliphatic carbocycles. The van der Waals surface area contributed by atoms with Crippen LogP contribution in [0.1, 0.15) is 53.3 Å². The molecule has 0 fully saturated rings. The van der Waals surface area contributed by atoms with Gasteiger partial charge in [0.25, 0.3) is 5.91 Å². The summed E-state index contributed by atoms with van der Waals surface area (Å²) < 4.78 is 6.60. The van der Waals surface area contributed by atoms with Gasteiger partial charge in [0.05, 0.1) is 12.2 Å². The van der Waals surface area contributed by atoms with Crippen LogP contribution in [0.3, 0.4) is 0 Å². The van der Waals surface area contributed by atoms with E-state index in [1.54, 1.807) is 36.4 Å². The normalized spacial score (nSPS) is 10.4. The molecular formula is C20H23BrN2O3. The smallest absolute Gasteiger partial charge is 0.259 e. The largest absolute Gasteiger partial charge is 0.493 e. The summed E-state index contributed by atoms with van der Waals surface area (Å²) in [5, 5.41) is 2.81. The zero-order valence-electron chi connectivity index (χ0n) is 14.8. The van der Waals surface area contributed by atoms with Gasteiger partial charge in [-0.05, 0) is 48.9 Å². The number of nitrogens with two attached hydrogens (primary N) is 1. The van der Waals surface area contributed by atoms with Gasteiger partial charge in [-0.3, -0.25) is 9.59 Å². The van der Waals surface area contributed by atoms with E-state index in [4.69, 9.17) is 10.5 Å². The Labute approximate surface area is 162 Å². The predicted octanol–water partition coefficient (Wildman–Crippen LogP) is 4.76. The third-order valence-corrected chi connectivity index (χ3v) is 4.36. The number of hydrogen-bond donors (Lipinski definition) is 2. The first kappa shape index (κ1) is 20.0. The molecule has 2 aromatic carbocycles. The summed E-state index contributed by atoms with van der Waals surface area (Å²) in [5.74, 6) is -0.230. The van der Waals surface area contributed by atoms with Crippen molar-refractivity contribution in [3.63, 3.8) is 0 Å². The number of rotatable bonds is 9. The van der Waals surface area contributed by atoms with Gasteiger partial charge in [0, 0.05) is 15.7 Å². The highest BCUT2D eigenvalue weighted by molar-refractivity contribution is 9.10. The maximum atomic E-state index is 12.6. The molecule has 0 aliphatic rings. The Balaban J connectivity index is 2.06. The zero-order chi connectivity index (χ0) is 18.9. The number of halogens is 1. The van der Waals surface area contributed by atoms with Crippen molar-refractivity contribution in [3.05, 3.63) is 58.1 Å². The molecule has 0 spiro atoms. The van der Waals surface area contributed by atoms with Crippen molar-refractivity contribution in [3.8, 4) is 5.75 Å². The first-order valence-corrected chi connectivity index (χ1v) is 9.44. The minimum absolute atomic E-state index is 0.276. The first-order valence-electron chi connectivity index (χ1n) is 8.65. The maximum Gasteiger partial charge on any atom is 0.259 e. The lowest BCUT2D eigenvalue weighted by Crippen LogP contribution is -2.15. The van der Waals surface area contributed by atoms with Crippen molar-refractivity contribution in [2.24, 2.45) is 5.73 Å². The molecule has 6 heteroatoms. The highest BCUT2D eigenvalue weighted by Gasteiger charge is 2.14. The van der Waals surface area contributed by atoms with E-state index >= 15 is 0 Å². The van der Waals surface area contributed by atoms with Crippen LogP contribution in [0, 0.1) is 0 Å². The zero-order valence-corrected chi connectivity index (χ0v) is 16.3. The summed E-state index contributed by atoms with van der Waals surface area (Å²) in [4.78, 5) is 23.8.